The topological polar surface area (TPSA) is 35.2 Å². The van der Waals surface area contributed by atoms with Crippen LogP contribution in [0.3, 0.4) is 0 Å². The smallest absolute Gasteiger partial charge is 0.130 e. The number of nitrogens with two attached hydrogens (primary N) is 1. The van der Waals surface area contributed by atoms with Gasteiger partial charge in [-0.3, -0.25) is 0 Å². The Morgan fingerprint density at radius 1 is 1.22 bits per heavy atom. The number of rotatable bonds is 3. The van der Waals surface area contributed by atoms with E-state index in [2.05, 4.69) is 13.8 Å². The first-order valence-corrected chi connectivity index (χ1v) is 6.70. The number of nitrogen functional groups attached to an aromatic ring is 1. The van der Waals surface area contributed by atoms with Crippen LogP contribution in [0.2, 0.25) is 0 Å². The van der Waals surface area contributed by atoms with Crippen LogP contribution in [0.5, 0.6) is 0 Å². The molecule has 0 aliphatic heterocycles. The van der Waals surface area contributed by atoms with E-state index < -0.39 is 0 Å². The lowest BCUT2D eigenvalue weighted by Gasteiger charge is -2.31. The van der Waals surface area contributed by atoms with Crippen molar-refractivity contribution in [2.24, 2.45) is 11.8 Å². The summed E-state index contributed by atoms with van der Waals surface area (Å²) in [6.07, 6.45) is 3.64. The van der Waals surface area contributed by atoms with Gasteiger partial charge >= 0.3 is 0 Å². The zero-order valence-corrected chi connectivity index (χ0v) is 11.2. The largest absolute Gasteiger partial charge is 0.398 e. The highest BCUT2D eigenvalue weighted by Crippen LogP contribution is 2.31. The molecule has 0 spiro atoms. The molecule has 18 heavy (non-hydrogen) atoms. The summed E-state index contributed by atoms with van der Waals surface area (Å²) in [6, 6.07) is 4.77. The van der Waals surface area contributed by atoms with Gasteiger partial charge in [-0.2, -0.15) is 0 Å². The number of benzene rings is 1. The maximum atomic E-state index is 13.6. The van der Waals surface area contributed by atoms with E-state index in [-0.39, 0.29) is 18.5 Å². The molecular formula is C15H22FNO. The van der Waals surface area contributed by atoms with E-state index >= 15 is 0 Å². The third-order valence-corrected chi connectivity index (χ3v) is 3.75. The zero-order valence-electron chi connectivity index (χ0n) is 11.2. The predicted octanol–water partition coefficient (Wildman–Crippen LogP) is 3.75. The summed E-state index contributed by atoms with van der Waals surface area (Å²) in [7, 11) is 0. The minimum Gasteiger partial charge on any atom is -0.398 e. The van der Waals surface area contributed by atoms with Crippen LogP contribution >= 0.6 is 0 Å². The third-order valence-electron chi connectivity index (χ3n) is 3.75. The Balaban J connectivity index is 1.95. The number of ether oxygens (including phenoxy) is 1. The van der Waals surface area contributed by atoms with E-state index in [0.29, 0.717) is 23.1 Å². The molecule has 1 aliphatic carbocycles. The minimum atomic E-state index is -0.271. The second-order valence-corrected chi connectivity index (χ2v) is 5.66. The molecule has 2 rings (SSSR count). The van der Waals surface area contributed by atoms with Crippen LogP contribution in [0, 0.1) is 17.7 Å². The molecule has 0 amide bonds. The summed E-state index contributed by atoms with van der Waals surface area (Å²) in [5, 5.41) is 0. The van der Waals surface area contributed by atoms with Crippen molar-refractivity contribution in [2.45, 2.75) is 45.8 Å². The van der Waals surface area contributed by atoms with E-state index in [1.807, 2.05) is 0 Å². The average Bonchev–Trinajstić information content (AvgIpc) is 2.27. The zero-order chi connectivity index (χ0) is 13.1. The lowest BCUT2D eigenvalue weighted by Crippen LogP contribution is -2.26. The molecule has 2 unspecified atom stereocenters. The highest BCUT2D eigenvalue weighted by molar-refractivity contribution is 5.46. The summed E-state index contributed by atoms with van der Waals surface area (Å²) in [4.78, 5) is 0. The van der Waals surface area contributed by atoms with E-state index in [4.69, 9.17) is 10.5 Å². The van der Waals surface area contributed by atoms with Crippen molar-refractivity contribution in [3.8, 4) is 0 Å². The molecule has 0 bridgehead atoms. The van der Waals surface area contributed by atoms with Gasteiger partial charge in [0.25, 0.3) is 0 Å². The molecule has 2 atom stereocenters. The van der Waals surface area contributed by atoms with E-state index in [9.17, 15) is 4.39 Å². The van der Waals surface area contributed by atoms with Gasteiger partial charge in [-0.25, -0.2) is 4.39 Å². The first kappa shape index (κ1) is 13.3. The predicted molar refractivity (Wildman–Crippen MR) is 71.6 cm³/mol. The molecule has 1 aromatic carbocycles. The van der Waals surface area contributed by atoms with Crippen LogP contribution in [0.1, 0.15) is 38.7 Å². The van der Waals surface area contributed by atoms with Crippen molar-refractivity contribution in [1.82, 2.24) is 0 Å². The summed E-state index contributed by atoms with van der Waals surface area (Å²) in [5.74, 6) is 1.11. The van der Waals surface area contributed by atoms with Gasteiger partial charge in [0.1, 0.15) is 5.82 Å². The van der Waals surface area contributed by atoms with Crippen LogP contribution in [-0.4, -0.2) is 6.10 Å². The van der Waals surface area contributed by atoms with Gasteiger partial charge in [0.2, 0.25) is 0 Å². The monoisotopic (exact) mass is 251 g/mol. The van der Waals surface area contributed by atoms with Crippen molar-refractivity contribution in [2.75, 3.05) is 5.73 Å². The Bertz CT molecular complexity index is 377. The Hall–Kier alpha value is -1.09. The first-order chi connectivity index (χ1) is 8.56. The Kier molecular flexibility index (Phi) is 4.23. The third kappa shape index (κ3) is 3.22. The fourth-order valence-electron chi connectivity index (χ4n) is 2.94. The average molecular weight is 251 g/mol. The van der Waals surface area contributed by atoms with Crippen molar-refractivity contribution in [1.29, 1.82) is 0 Å². The fourth-order valence-corrected chi connectivity index (χ4v) is 2.94. The number of hydrogen-bond acceptors (Lipinski definition) is 2. The SMILES string of the molecule is CC1CC(C)CC(OCc2c(N)cccc2F)C1. The van der Waals surface area contributed by atoms with Crippen LogP contribution in [0.25, 0.3) is 0 Å². The van der Waals surface area contributed by atoms with Gasteiger partial charge in [-0.05, 0) is 43.2 Å². The normalized spacial score (nSPS) is 28.3. The molecule has 1 fully saturated rings. The molecule has 3 heteroatoms. The first-order valence-electron chi connectivity index (χ1n) is 6.70. The molecule has 0 saturated heterocycles. The van der Waals surface area contributed by atoms with Crippen molar-refractivity contribution >= 4 is 5.69 Å². The van der Waals surface area contributed by atoms with E-state index in [0.717, 1.165) is 12.8 Å². The van der Waals surface area contributed by atoms with Crippen LogP contribution < -0.4 is 5.73 Å². The van der Waals surface area contributed by atoms with E-state index in [1.54, 1.807) is 12.1 Å². The lowest BCUT2D eigenvalue weighted by atomic mass is 9.82. The van der Waals surface area contributed by atoms with Crippen molar-refractivity contribution in [3.05, 3.63) is 29.6 Å². The second kappa shape index (κ2) is 5.70. The Morgan fingerprint density at radius 2 is 1.89 bits per heavy atom. The Morgan fingerprint density at radius 3 is 2.50 bits per heavy atom. The summed E-state index contributed by atoms with van der Waals surface area (Å²) in [5.41, 5.74) is 6.74. The van der Waals surface area contributed by atoms with Crippen LogP contribution in [0.15, 0.2) is 18.2 Å². The molecule has 2 nitrogen and oxygen atoms in total. The van der Waals surface area contributed by atoms with Gasteiger partial charge in [-0.1, -0.05) is 19.9 Å². The molecule has 0 heterocycles. The molecular weight excluding hydrogens is 229 g/mol. The highest BCUT2D eigenvalue weighted by Gasteiger charge is 2.24. The standard InChI is InChI=1S/C15H22FNO/c1-10-6-11(2)8-12(7-10)18-9-13-14(16)4-3-5-15(13)17/h3-5,10-12H,6-9,17H2,1-2H3. The quantitative estimate of drug-likeness (QED) is 0.830. The molecule has 0 aromatic heterocycles. The maximum Gasteiger partial charge on any atom is 0.130 e. The molecule has 1 aliphatic rings. The van der Waals surface area contributed by atoms with Gasteiger partial charge in [0, 0.05) is 11.3 Å². The molecule has 1 saturated carbocycles. The van der Waals surface area contributed by atoms with Gasteiger partial charge in [-0.15, -0.1) is 0 Å². The lowest BCUT2D eigenvalue weighted by molar-refractivity contribution is -0.00990. The number of anilines is 1. The fraction of sp³-hybridized carbons (Fsp3) is 0.600. The van der Waals surface area contributed by atoms with Gasteiger partial charge in [0.15, 0.2) is 0 Å². The van der Waals surface area contributed by atoms with Crippen LogP contribution in [0.4, 0.5) is 10.1 Å². The molecule has 2 N–H and O–H groups in total. The van der Waals surface area contributed by atoms with E-state index in [1.165, 1.54) is 12.5 Å². The maximum absolute atomic E-state index is 13.6. The number of halogens is 1. The summed E-state index contributed by atoms with van der Waals surface area (Å²) < 4.78 is 19.4. The molecule has 1 aromatic rings. The summed E-state index contributed by atoms with van der Waals surface area (Å²) in [6.45, 7) is 4.79. The van der Waals surface area contributed by atoms with Gasteiger partial charge in [0.05, 0.1) is 12.7 Å². The Labute approximate surface area is 108 Å². The molecule has 0 radical (unpaired) electrons. The van der Waals surface area contributed by atoms with Crippen molar-refractivity contribution < 1.29 is 9.13 Å². The number of hydrogen-bond donors (Lipinski definition) is 1. The molecule has 100 valence electrons. The van der Waals surface area contributed by atoms with Crippen molar-refractivity contribution in [3.63, 3.8) is 0 Å². The highest BCUT2D eigenvalue weighted by atomic mass is 19.1. The summed E-state index contributed by atoms with van der Waals surface area (Å²) >= 11 is 0. The van der Waals surface area contributed by atoms with Crippen LogP contribution in [-0.2, 0) is 11.3 Å². The minimum absolute atomic E-state index is 0.239. The van der Waals surface area contributed by atoms with Gasteiger partial charge < -0.3 is 10.5 Å². The second-order valence-electron chi connectivity index (χ2n) is 5.66.